The summed E-state index contributed by atoms with van der Waals surface area (Å²) in [7, 11) is -1.28. The summed E-state index contributed by atoms with van der Waals surface area (Å²) < 4.78 is 12.8. The van der Waals surface area contributed by atoms with Gasteiger partial charge < -0.3 is 4.90 Å². The molecule has 1 spiro atoms. The Bertz CT molecular complexity index is 849. The number of amides is 2. The standard InChI is InChI=1S/C19H19N3O3S/c23-17-14-26(25)19(22(17)16-6-2-1-3-7-16)8-11-21(12-9-19)18(24)15-5-4-10-20-13-15/h1-7,10,13H,8-9,11-12,14H2. The number of piperidine rings is 1. The second-order valence-corrected chi connectivity index (χ2v) is 8.27. The van der Waals surface area contributed by atoms with Crippen LogP contribution in [0, 0.1) is 0 Å². The molecule has 4 rings (SSSR count). The molecule has 2 aromatic rings. The highest BCUT2D eigenvalue weighted by Gasteiger charge is 2.53. The van der Waals surface area contributed by atoms with Crippen molar-refractivity contribution in [3.63, 3.8) is 0 Å². The fourth-order valence-electron chi connectivity index (χ4n) is 3.78. The van der Waals surface area contributed by atoms with E-state index in [9.17, 15) is 13.8 Å². The first-order valence-electron chi connectivity index (χ1n) is 8.58. The molecule has 134 valence electrons. The Morgan fingerprint density at radius 2 is 1.81 bits per heavy atom. The van der Waals surface area contributed by atoms with Gasteiger partial charge in [-0.3, -0.25) is 23.7 Å². The lowest BCUT2D eigenvalue weighted by Crippen LogP contribution is -2.56. The van der Waals surface area contributed by atoms with E-state index >= 15 is 0 Å². The van der Waals surface area contributed by atoms with Gasteiger partial charge in [0, 0.05) is 44.0 Å². The number of nitrogens with zero attached hydrogens (tertiary/aromatic N) is 3. The molecule has 2 aliphatic rings. The van der Waals surface area contributed by atoms with Gasteiger partial charge >= 0.3 is 0 Å². The Hall–Kier alpha value is -2.54. The van der Waals surface area contributed by atoms with E-state index < -0.39 is 15.7 Å². The van der Waals surface area contributed by atoms with Crippen LogP contribution in [0.15, 0.2) is 54.9 Å². The minimum Gasteiger partial charge on any atom is -0.338 e. The van der Waals surface area contributed by atoms with Crippen molar-refractivity contribution < 1.29 is 13.8 Å². The third-order valence-electron chi connectivity index (χ3n) is 5.09. The Balaban J connectivity index is 1.57. The van der Waals surface area contributed by atoms with E-state index in [1.54, 1.807) is 34.3 Å². The van der Waals surface area contributed by atoms with Crippen molar-refractivity contribution in [3.8, 4) is 0 Å². The van der Waals surface area contributed by atoms with Gasteiger partial charge in [-0.05, 0) is 24.3 Å². The van der Waals surface area contributed by atoms with Crippen molar-refractivity contribution in [3.05, 3.63) is 60.4 Å². The molecule has 26 heavy (non-hydrogen) atoms. The van der Waals surface area contributed by atoms with Crippen molar-refractivity contribution in [1.82, 2.24) is 9.88 Å². The highest BCUT2D eigenvalue weighted by Crippen LogP contribution is 2.40. The molecule has 2 saturated heterocycles. The molecule has 1 aromatic heterocycles. The van der Waals surface area contributed by atoms with Crippen LogP contribution in [0.5, 0.6) is 0 Å². The Kier molecular flexibility index (Phi) is 4.32. The molecule has 0 bridgehead atoms. The van der Waals surface area contributed by atoms with E-state index in [1.807, 2.05) is 30.3 Å². The van der Waals surface area contributed by atoms with E-state index in [4.69, 9.17) is 0 Å². The number of carbonyl (C=O) groups is 2. The third kappa shape index (κ3) is 2.72. The molecular weight excluding hydrogens is 350 g/mol. The zero-order valence-corrected chi connectivity index (χ0v) is 15.0. The van der Waals surface area contributed by atoms with Crippen LogP contribution in [0.25, 0.3) is 0 Å². The van der Waals surface area contributed by atoms with Crippen LogP contribution in [-0.4, -0.2) is 49.6 Å². The SMILES string of the molecule is O=C(c1cccnc1)N1CCC2(CC1)N(c1ccccc1)C(=O)CS2=O. The number of anilines is 1. The second kappa shape index (κ2) is 6.64. The van der Waals surface area contributed by atoms with Crippen LogP contribution in [-0.2, 0) is 15.6 Å². The Morgan fingerprint density at radius 1 is 1.08 bits per heavy atom. The lowest BCUT2D eigenvalue weighted by Gasteiger charge is -2.43. The van der Waals surface area contributed by atoms with Crippen LogP contribution in [0.1, 0.15) is 23.2 Å². The first-order valence-corrected chi connectivity index (χ1v) is 9.90. The third-order valence-corrected chi connectivity index (χ3v) is 7.04. The second-order valence-electron chi connectivity index (χ2n) is 6.53. The van der Waals surface area contributed by atoms with Crippen LogP contribution < -0.4 is 4.90 Å². The van der Waals surface area contributed by atoms with E-state index in [0.29, 0.717) is 31.5 Å². The van der Waals surface area contributed by atoms with Gasteiger partial charge in [0.15, 0.2) is 0 Å². The van der Waals surface area contributed by atoms with Crippen LogP contribution in [0.2, 0.25) is 0 Å². The van der Waals surface area contributed by atoms with Crippen molar-refractivity contribution >= 4 is 28.3 Å². The van der Waals surface area contributed by atoms with Gasteiger partial charge in [0.1, 0.15) is 10.6 Å². The molecule has 0 radical (unpaired) electrons. The molecule has 2 fully saturated rings. The zero-order valence-electron chi connectivity index (χ0n) is 14.2. The maximum absolute atomic E-state index is 12.8. The topological polar surface area (TPSA) is 70.6 Å². The number of para-hydroxylation sites is 1. The maximum atomic E-state index is 12.8. The number of rotatable bonds is 2. The van der Waals surface area contributed by atoms with Crippen LogP contribution >= 0.6 is 0 Å². The van der Waals surface area contributed by atoms with E-state index in [0.717, 1.165) is 5.69 Å². The quantitative estimate of drug-likeness (QED) is 0.809. The molecule has 2 aliphatic heterocycles. The van der Waals surface area contributed by atoms with E-state index in [2.05, 4.69) is 4.98 Å². The zero-order chi connectivity index (χ0) is 18.1. The predicted molar refractivity (Wildman–Crippen MR) is 99.0 cm³/mol. The average molecular weight is 369 g/mol. The largest absolute Gasteiger partial charge is 0.338 e. The molecule has 3 heterocycles. The van der Waals surface area contributed by atoms with Gasteiger partial charge in [-0.1, -0.05) is 18.2 Å². The maximum Gasteiger partial charge on any atom is 0.255 e. The smallest absolute Gasteiger partial charge is 0.255 e. The van der Waals surface area contributed by atoms with Gasteiger partial charge in [-0.2, -0.15) is 0 Å². The fraction of sp³-hybridized carbons (Fsp3) is 0.316. The number of pyridine rings is 1. The minimum atomic E-state index is -1.28. The van der Waals surface area contributed by atoms with Gasteiger partial charge in [-0.25, -0.2) is 0 Å². The average Bonchev–Trinajstić information content (AvgIpc) is 2.92. The molecule has 2 amide bonds. The lowest BCUT2D eigenvalue weighted by atomic mass is 10.0. The van der Waals surface area contributed by atoms with Gasteiger partial charge in [0.05, 0.1) is 16.4 Å². The number of carbonyl (C=O) groups excluding carboxylic acids is 2. The summed E-state index contributed by atoms with van der Waals surface area (Å²) in [5.41, 5.74) is 1.32. The molecule has 7 heteroatoms. The molecule has 6 nitrogen and oxygen atoms in total. The Morgan fingerprint density at radius 3 is 2.46 bits per heavy atom. The molecule has 0 N–H and O–H groups in total. The monoisotopic (exact) mass is 369 g/mol. The number of hydrogen-bond donors (Lipinski definition) is 0. The summed E-state index contributed by atoms with van der Waals surface area (Å²) in [5.74, 6) is -0.137. The normalized spacial score (nSPS) is 22.0. The van der Waals surface area contributed by atoms with Crippen LogP contribution in [0.3, 0.4) is 0 Å². The summed E-state index contributed by atoms with van der Waals surface area (Å²) in [6.45, 7) is 0.937. The molecule has 1 unspecified atom stereocenters. The molecule has 0 saturated carbocycles. The highest BCUT2D eigenvalue weighted by molar-refractivity contribution is 7.88. The number of hydrogen-bond acceptors (Lipinski definition) is 4. The molecule has 0 aliphatic carbocycles. The first-order chi connectivity index (χ1) is 12.6. The summed E-state index contributed by atoms with van der Waals surface area (Å²) >= 11 is 0. The molecular formula is C19H19N3O3S. The van der Waals surface area contributed by atoms with Crippen molar-refractivity contribution in [2.75, 3.05) is 23.7 Å². The van der Waals surface area contributed by atoms with E-state index in [1.165, 1.54) is 0 Å². The number of likely N-dealkylation sites (tertiary alicyclic amines) is 1. The Labute approximate surface area is 154 Å². The first kappa shape index (κ1) is 16.9. The van der Waals surface area contributed by atoms with Crippen molar-refractivity contribution in [2.24, 2.45) is 0 Å². The van der Waals surface area contributed by atoms with Crippen LogP contribution in [0.4, 0.5) is 5.69 Å². The number of benzene rings is 1. The van der Waals surface area contributed by atoms with Gasteiger partial charge in [-0.15, -0.1) is 0 Å². The summed E-state index contributed by atoms with van der Waals surface area (Å²) in [5, 5.41) is 0. The summed E-state index contributed by atoms with van der Waals surface area (Å²) in [6.07, 6.45) is 4.20. The molecule has 1 aromatic carbocycles. The number of aromatic nitrogens is 1. The lowest BCUT2D eigenvalue weighted by molar-refractivity contribution is -0.116. The van der Waals surface area contributed by atoms with Crippen molar-refractivity contribution in [1.29, 1.82) is 0 Å². The fourth-order valence-corrected chi connectivity index (χ4v) is 5.45. The molecule has 1 atom stereocenters. The van der Waals surface area contributed by atoms with E-state index in [-0.39, 0.29) is 17.6 Å². The van der Waals surface area contributed by atoms with Gasteiger partial charge in [0.25, 0.3) is 5.91 Å². The predicted octanol–water partition coefficient (Wildman–Crippen LogP) is 1.81. The summed E-state index contributed by atoms with van der Waals surface area (Å²) in [4.78, 5) is 31.9. The minimum absolute atomic E-state index is 0.0471. The highest BCUT2D eigenvalue weighted by atomic mass is 32.2. The summed E-state index contributed by atoms with van der Waals surface area (Å²) in [6, 6.07) is 12.9. The van der Waals surface area contributed by atoms with Gasteiger partial charge in [0.2, 0.25) is 5.91 Å². The van der Waals surface area contributed by atoms with Crippen molar-refractivity contribution in [2.45, 2.75) is 17.7 Å².